The Balaban J connectivity index is 1.65. The number of carbonyl (C=O) groups excluding carboxylic acids is 1. The second kappa shape index (κ2) is 9.84. The quantitative estimate of drug-likeness (QED) is 0.245. The van der Waals surface area contributed by atoms with Crippen LogP contribution < -0.4 is 10.9 Å². The zero-order valence-electron chi connectivity index (χ0n) is 20.4. The largest absolute Gasteiger partial charge is 0.508 e. The number of fused-ring (bicyclic) bond motifs is 3. The molecule has 1 unspecified atom stereocenters. The van der Waals surface area contributed by atoms with Gasteiger partial charge in [-0.15, -0.1) is 11.3 Å². The molecule has 5 rings (SSSR count). The summed E-state index contributed by atoms with van der Waals surface area (Å²) < 4.78 is 1.57. The number of amides is 1. The molecular weight excluding hydrogens is 506 g/mol. The summed E-state index contributed by atoms with van der Waals surface area (Å²) in [5.41, 5.74) is 5.90. The highest BCUT2D eigenvalue weighted by Crippen LogP contribution is 2.44. The summed E-state index contributed by atoms with van der Waals surface area (Å²) in [4.78, 5) is 32.8. The predicted molar refractivity (Wildman–Crippen MR) is 150 cm³/mol. The summed E-state index contributed by atoms with van der Waals surface area (Å²) in [6.07, 6.45) is 4.99. The van der Waals surface area contributed by atoms with Gasteiger partial charge in [-0.25, -0.2) is 0 Å². The van der Waals surface area contributed by atoms with Crippen LogP contribution in [0, 0.1) is 13.8 Å². The van der Waals surface area contributed by atoms with Gasteiger partial charge < -0.3 is 15.0 Å². The van der Waals surface area contributed by atoms with Crippen molar-refractivity contribution in [1.82, 2.24) is 4.57 Å². The van der Waals surface area contributed by atoms with Gasteiger partial charge in [-0.2, -0.15) is 0 Å². The Morgan fingerprint density at radius 2 is 1.84 bits per heavy atom. The van der Waals surface area contributed by atoms with E-state index in [9.17, 15) is 14.7 Å². The maximum Gasteiger partial charge on any atom is 0.250 e. The molecule has 2 aromatic carbocycles. The number of nitrogens with one attached hydrogen (secondary N) is 1. The average molecular weight is 530 g/mol. The van der Waals surface area contributed by atoms with E-state index in [-0.39, 0.29) is 17.2 Å². The third-order valence-electron chi connectivity index (χ3n) is 6.40. The molecule has 0 spiro atoms. The third-order valence-corrected chi connectivity index (χ3v) is 7.89. The molecule has 2 aromatic heterocycles. The van der Waals surface area contributed by atoms with Crippen LogP contribution in [0.15, 0.2) is 82.7 Å². The summed E-state index contributed by atoms with van der Waals surface area (Å²) in [5, 5.41) is 12.9. The number of nitrogens with zero attached hydrogens (tertiary/aromatic N) is 2. The lowest BCUT2D eigenvalue weighted by atomic mass is 9.96. The molecule has 1 aliphatic rings. The Bertz CT molecular complexity index is 1630. The first kappa shape index (κ1) is 24.7. The number of rotatable bonds is 4. The number of aliphatic imine (C=N–C) groups is 1. The van der Waals surface area contributed by atoms with Crippen molar-refractivity contribution in [3.05, 3.63) is 115 Å². The molecule has 186 valence electrons. The number of aryl methyl sites for hydroxylation is 2. The number of aromatic hydroxyl groups is 1. The fourth-order valence-electron chi connectivity index (χ4n) is 4.33. The zero-order valence-corrected chi connectivity index (χ0v) is 22.0. The molecule has 1 atom stereocenters. The van der Waals surface area contributed by atoms with Crippen LogP contribution in [0.3, 0.4) is 0 Å². The lowest BCUT2D eigenvalue weighted by Gasteiger charge is -2.13. The molecule has 37 heavy (non-hydrogen) atoms. The Hall–Kier alpha value is -3.94. The van der Waals surface area contributed by atoms with Crippen molar-refractivity contribution < 1.29 is 9.90 Å². The van der Waals surface area contributed by atoms with Crippen LogP contribution in [0.25, 0.3) is 10.4 Å². The highest BCUT2D eigenvalue weighted by atomic mass is 35.5. The van der Waals surface area contributed by atoms with Gasteiger partial charge in [0.2, 0.25) is 5.91 Å². The number of anilines is 1. The van der Waals surface area contributed by atoms with E-state index in [1.54, 1.807) is 47.2 Å². The van der Waals surface area contributed by atoms with Crippen molar-refractivity contribution in [2.75, 3.05) is 5.32 Å². The number of aromatic nitrogens is 1. The molecule has 0 saturated heterocycles. The number of phenolic OH excluding ortho intramolecular Hbond substituents is 1. The summed E-state index contributed by atoms with van der Waals surface area (Å²) in [6, 6.07) is 14.8. The van der Waals surface area contributed by atoms with E-state index in [4.69, 9.17) is 16.6 Å². The van der Waals surface area contributed by atoms with E-state index >= 15 is 0 Å². The van der Waals surface area contributed by atoms with Crippen LogP contribution in [-0.2, 0) is 11.8 Å². The monoisotopic (exact) mass is 529 g/mol. The second-order valence-corrected chi connectivity index (χ2v) is 10.6. The number of thiophene rings is 1. The third kappa shape index (κ3) is 4.88. The standard InChI is InChI=1S/C29H24ClN3O3S/c1-16-17(2)37-29-23-15-33(3)26(36)14-22(23)24(12-13-25(35)31-20-8-10-21(34)11-9-20)32-28(27(16)29)18-4-6-19(30)7-5-18/h4-15,24,34H,1-3H3,(H,31,35)/b13-12+. The van der Waals surface area contributed by atoms with Crippen LogP contribution in [0.1, 0.15) is 33.2 Å². The van der Waals surface area contributed by atoms with Gasteiger partial charge >= 0.3 is 0 Å². The van der Waals surface area contributed by atoms with Gasteiger partial charge in [0.05, 0.1) is 11.8 Å². The van der Waals surface area contributed by atoms with E-state index in [2.05, 4.69) is 19.2 Å². The molecule has 0 aliphatic carbocycles. The van der Waals surface area contributed by atoms with Crippen molar-refractivity contribution >= 4 is 40.2 Å². The lowest BCUT2D eigenvalue weighted by Crippen LogP contribution is -2.17. The minimum Gasteiger partial charge on any atom is -0.508 e. The van der Waals surface area contributed by atoms with Crippen LogP contribution >= 0.6 is 22.9 Å². The van der Waals surface area contributed by atoms with Crippen molar-refractivity contribution in [1.29, 1.82) is 0 Å². The molecule has 4 aromatic rings. The SMILES string of the molecule is Cc1sc2c(c1C)C(c1ccc(Cl)cc1)=NC(/C=C/C(=O)Nc1ccc(O)cc1)c1cc(=O)n(C)cc1-2. The number of phenols is 1. The topological polar surface area (TPSA) is 83.7 Å². The highest BCUT2D eigenvalue weighted by molar-refractivity contribution is 7.16. The Morgan fingerprint density at radius 3 is 2.54 bits per heavy atom. The second-order valence-electron chi connectivity index (χ2n) is 8.90. The molecule has 0 radical (unpaired) electrons. The first-order valence-corrected chi connectivity index (χ1v) is 12.8. The van der Waals surface area contributed by atoms with Crippen LogP contribution in [0.4, 0.5) is 5.69 Å². The number of halogens is 1. The summed E-state index contributed by atoms with van der Waals surface area (Å²) >= 11 is 7.84. The van der Waals surface area contributed by atoms with Crippen molar-refractivity contribution in [3.8, 4) is 16.2 Å². The predicted octanol–water partition coefficient (Wildman–Crippen LogP) is 6.18. The molecule has 1 amide bonds. The fourth-order valence-corrected chi connectivity index (χ4v) is 5.65. The molecule has 0 bridgehead atoms. The molecule has 6 nitrogen and oxygen atoms in total. The van der Waals surface area contributed by atoms with Crippen LogP contribution in [0.5, 0.6) is 5.75 Å². The Kier molecular flexibility index (Phi) is 6.58. The van der Waals surface area contributed by atoms with Gasteiger partial charge in [0, 0.05) is 62.5 Å². The van der Waals surface area contributed by atoms with Gasteiger partial charge in [0.1, 0.15) is 5.75 Å². The number of carbonyl (C=O) groups is 1. The number of benzene rings is 2. The van der Waals surface area contributed by atoms with Gasteiger partial charge in [0.25, 0.3) is 5.56 Å². The van der Waals surface area contributed by atoms with Gasteiger partial charge in [0.15, 0.2) is 0 Å². The van der Waals surface area contributed by atoms with E-state index in [1.807, 2.05) is 30.5 Å². The maximum absolute atomic E-state index is 12.7. The molecule has 0 fully saturated rings. The normalized spacial score (nSPS) is 14.6. The summed E-state index contributed by atoms with van der Waals surface area (Å²) in [7, 11) is 1.73. The molecule has 1 aliphatic heterocycles. The average Bonchev–Trinajstić information content (AvgIpc) is 3.09. The molecule has 8 heteroatoms. The minimum atomic E-state index is -0.570. The molecule has 2 N–H and O–H groups in total. The minimum absolute atomic E-state index is 0.118. The van der Waals surface area contributed by atoms with Crippen LogP contribution in [-0.4, -0.2) is 21.3 Å². The molecular formula is C29H24ClN3O3S. The van der Waals surface area contributed by atoms with Gasteiger partial charge in [-0.05, 0) is 61.4 Å². The lowest BCUT2D eigenvalue weighted by molar-refractivity contribution is -0.111. The number of hydrogen-bond acceptors (Lipinski definition) is 5. The van der Waals surface area contributed by atoms with Crippen LogP contribution in [0.2, 0.25) is 5.02 Å². The number of pyridine rings is 1. The van der Waals surface area contributed by atoms with E-state index < -0.39 is 6.04 Å². The summed E-state index contributed by atoms with van der Waals surface area (Å²) in [6.45, 7) is 4.17. The smallest absolute Gasteiger partial charge is 0.250 e. The molecule has 3 heterocycles. The Labute approximate surface area is 223 Å². The first-order chi connectivity index (χ1) is 17.7. The van der Waals surface area contributed by atoms with E-state index in [0.717, 1.165) is 38.4 Å². The van der Waals surface area contributed by atoms with E-state index in [0.29, 0.717) is 10.7 Å². The van der Waals surface area contributed by atoms with Gasteiger partial charge in [-0.3, -0.25) is 14.6 Å². The summed E-state index contributed by atoms with van der Waals surface area (Å²) in [5.74, 6) is -0.224. The zero-order chi connectivity index (χ0) is 26.3. The van der Waals surface area contributed by atoms with Crippen molar-refractivity contribution in [2.24, 2.45) is 12.0 Å². The first-order valence-electron chi connectivity index (χ1n) is 11.6. The molecule has 0 saturated carbocycles. The number of hydrogen-bond donors (Lipinski definition) is 2. The van der Waals surface area contributed by atoms with E-state index in [1.165, 1.54) is 23.1 Å². The van der Waals surface area contributed by atoms with Gasteiger partial charge in [-0.1, -0.05) is 29.8 Å². The highest BCUT2D eigenvalue weighted by Gasteiger charge is 2.28. The Morgan fingerprint density at radius 1 is 1.14 bits per heavy atom. The maximum atomic E-state index is 12.7. The van der Waals surface area contributed by atoms with Crippen molar-refractivity contribution in [2.45, 2.75) is 19.9 Å². The fraction of sp³-hybridized carbons (Fsp3) is 0.138. The van der Waals surface area contributed by atoms with Crippen molar-refractivity contribution in [3.63, 3.8) is 0 Å².